The highest BCUT2D eigenvalue weighted by molar-refractivity contribution is 5.68. The molecule has 0 bridgehead atoms. The Labute approximate surface area is 148 Å². The lowest BCUT2D eigenvalue weighted by Gasteiger charge is -2.37. The highest BCUT2D eigenvalue weighted by atomic mass is 16.6. The standard InChI is InChI=1S/C20H31NO2.CH4/c1-19(2,3)16-13-9-11-14-10-7-8-12-15(14)17(16)21-18(22)23-20(4,5)6;/h7-8,10,12,16-17H,9,11,13H2,1-6H3,(H,21,22);1H4. The molecule has 136 valence electrons. The SMILES string of the molecule is C.CC(C)(C)OC(=O)NC1c2ccccc2CCCC1C(C)(C)C. The third kappa shape index (κ3) is 5.25. The van der Waals surface area contributed by atoms with Crippen LogP contribution < -0.4 is 5.32 Å². The van der Waals surface area contributed by atoms with Gasteiger partial charge in [-0.25, -0.2) is 4.79 Å². The van der Waals surface area contributed by atoms with E-state index in [-0.39, 0.29) is 25.0 Å². The number of benzene rings is 1. The first-order chi connectivity index (χ1) is 10.6. The molecular formula is C21H35NO2. The summed E-state index contributed by atoms with van der Waals surface area (Å²) in [6, 6.07) is 8.49. The minimum atomic E-state index is -0.481. The summed E-state index contributed by atoms with van der Waals surface area (Å²) in [6.07, 6.45) is 3.02. The van der Waals surface area contributed by atoms with Crippen molar-refractivity contribution in [3.63, 3.8) is 0 Å². The van der Waals surface area contributed by atoms with Gasteiger partial charge in [-0.05, 0) is 62.5 Å². The summed E-state index contributed by atoms with van der Waals surface area (Å²) in [6.45, 7) is 12.5. The summed E-state index contributed by atoms with van der Waals surface area (Å²) in [7, 11) is 0. The van der Waals surface area contributed by atoms with Crippen molar-refractivity contribution in [1.29, 1.82) is 0 Å². The number of nitrogens with one attached hydrogen (secondary N) is 1. The van der Waals surface area contributed by atoms with Gasteiger partial charge in [0.15, 0.2) is 0 Å². The molecule has 3 nitrogen and oxygen atoms in total. The van der Waals surface area contributed by atoms with Crippen LogP contribution in [0.5, 0.6) is 0 Å². The Morgan fingerprint density at radius 2 is 1.75 bits per heavy atom. The van der Waals surface area contributed by atoms with Gasteiger partial charge < -0.3 is 10.1 Å². The molecule has 0 saturated carbocycles. The molecule has 2 unspecified atom stereocenters. The van der Waals surface area contributed by atoms with E-state index in [1.165, 1.54) is 11.1 Å². The molecule has 0 fully saturated rings. The van der Waals surface area contributed by atoms with E-state index in [2.05, 4.69) is 50.4 Å². The van der Waals surface area contributed by atoms with Crippen molar-refractivity contribution < 1.29 is 9.53 Å². The molecule has 1 aromatic rings. The Morgan fingerprint density at radius 1 is 1.12 bits per heavy atom. The fraction of sp³-hybridized carbons (Fsp3) is 0.667. The Kier molecular flexibility index (Phi) is 6.49. The largest absolute Gasteiger partial charge is 0.444 e. The van der Waals surface area contributed by atoms with E-state index < -0.39 is 5.60 Å². The molecule has 1 amide bonds. The molecule has 1 N–H and O–H groups in total. The van der Waals surface area contributed by atoms with Crippen molar-refractivity contribution >= 4 is 6.09 Å². The van der Waals surface area contributed by atoms with Crippen LogP contribution in [0.2, 0.25) is 0 Å². The second-order valence-electron chi connectivity index (χ2n) is 8.69. The van der Waals surface area contributed by atoms with Gasteiger partial charge in [0.25, 0.3) is 0 Å². The second kappa shape index (κ2) is 7.58. The van der Waals surface area contributed by atoms with E-state index in [0.717, 1.165) is 19.3 Å². The predicted molar refractivity (Wildman–Crippen MR) is 101 cm³/mol. The maximum atomic E-state index is 12.4. The van der Waals surface area contributed by atoms with Crippen LogP contribution in [-0.4, -0.2) is 11.7 Å². The normalized spacial score (nSPS) is 21.1. The van der Waals surface area contributed by atoms with Crippen molar-refractivity contribution in [2.75, 3.05) is 0 Å². The Bertz CT molecular complexity index is 552. The van der Waals surface area contributed by atoms with E-state index in [1.807, 2.05) is 20.8 Å². The van der Waals surface area contributed by atoms with Crippen molar-refractivity contribution in [3.05, 3.63) is 35.4 Å². The number of ether oxygens (including phenoxy) is 1. The lowest BCUT2D eigenvalue weighted by molar-refractivity contribution is 0.0448. The highest BCUT2D eigenvalue weighted by Crippen LogP contribution is 2.43. The topological polar surface area (TPSA) is 38.3 Å². The minimum Gasteiger partial charge on any atom is -0.444 e. The van der Waals surface area contributed by atoms with Crippen molar-refractivity contribution in [2.45, 2.75) is 79.9 Å². The summed E-state index contributed by atoms with van der Waals surface area (Å²) < 4.78 is 5.51. The van der Waals surface area contributed by atoms with Gasteiger partial charge >= 0.3 is 6.09 Å². The van der Waals surface area contributed by atoms with Crippen LogP contribution in [0, 0.1) is 11.3 Å². The minimum absolute atomic E-state index is 0. The molecule has 1 aliphatic rings. The lowest BCUT2D eigenvalue weighted by atomic mass is 9.73. The van der Waals surface area contributed by atoms with E-state index in [9.17, 15) is 4.79 Å². The van der Waals surface area contributed by atoms with Crippen LogP contribution >= 0.6 is 0 Å². The van der Waals surface area contributed by atoms with Gasteiger partial charge in [0.05, 0.1) is 6.04 Å². The summed E-state index contributed by atoms with van der Waals surface area (Å²) >= 11 is 0. The first-order valence-corrected chi connectivity index (χ1v) is 8.65. The zero-order chi connectivity index (χ0) is 17.3. The number of fused-ring (bicyclic) bond motifs is 1. The van der Waals surface area contributed by atoms with Crippen LogP contribution in [0.25, 0.3) is 0 Å². The third-order valence-electron chi connectivity index (χ3n) is 4.54. The van der Waals surface area contributed by atoms with Gasteiger partial charge in [-0.3, -0.25) is 0 Å². The molecule has 0 heterocycles. The van der Waals surface area contributed by atoms with E-state index in [4.69, 9.17) is 4.74 Å². The number of carbonyl (C=O) groups excluding carboxylic acids is 1. The van der Waals surface area contributed by atoms with E-state index >= 15 is 0 Å². The number of amides is 1. The molecule has 0 aliphatic heterocycles. The first kappa shape index (κ1) is 20.5. The van der Waals surface area contributed by atoms with Crippen molar-refractivity contribution in [2.24, 2.45) is 11.3 Å². The molecule has 0 spiro atoms. The summed E-state index contributed by atoms with van der Waals surface area (Å²) in [4.78, 5) is 12.4. The smallest absolute Gasteiger partial charge is 0.408 e. The number of aryl methyl sites for hydroxylation is 1. The first-order valence-electron chi connectivity index (χ1n) is 8.65. The zero-order valence-electron chi connectivity index (χ0n) is 15.4. The summed E-state index contributed by atoms with van der Waals surface area (Å²) in [5, 5.41) is 3.17. The maximum absolute atomic E-state index is 12.4. The molecule has 1 aliphatic carbocycles. The van der Waals surface area contributed by atoms with Gasteiger partial charge in [0.1, 0.15) is 5.60 Å². The number of carbonyl (C=O) groups is 1. The number of alkyl carbamates (subject to hydrolysis) is 1. The third-order valence-corrected chi connectivity index (χ3v) is 4.54. The average Bonchev–Trinajstić information content (AvgIpc) is 2.56. The fourth-order valence-electron chi connectivity index (χ4n) is 3.51. The monoisotopic (exact) mass is 333 g/mol. The van der Waals surface area contributed by atoms with E-state index in [0.29, 0.717) is 5.92 Å². The molecule has 3 heteroatoms. The van der Waals surface area contributed by atoms with Crippen LogP contribution in [0.15, 0.2) is 24.3 Å². The Morgan fingerprint density at radius 3 is 2.33 bits per heavy atom. The molecule has 24 heavy (non-hydrogen) atoms. The number of hydrogen-bond acceptors (Lipinski definition) is 2. The summed E-state index contributed by atoms with van der Waals surface area (Å²) in [5.74, 6) is 0.388. The van der Waals surface area contributed by atoms with Gasteiger partial charge in [-0.2, -0.15) is 0 Å². The van der Waals surface area contributed by atoms with Gasteiger partial charge in [0.2, 0.25) is 0 Å². The predicted octanol–water partition coefficient (Wildman–Crippen LogP) is 5.89. The maximum Gasteiger partial charge on any atom is 0.408 e. The second-order valence-corrected chi connectivity index (χ2v) is 8.69. The molecule has 2 rings (SSSR count). The molecule has 0 saturated heterocycles. The molecular weight excluding hydrogens is 298 g/mol. The molecule has 2 atom stereocenters. The van der Waals surface area contributed by atoms with Crippen molar-refractivity contribution in [1.82, 2.24) is 5.32 Å². The summed E-state index contributed by atoms with van der Waals surface area (Å²) in [5.41, 5.74) is 2.24. The molecule has 0 radical (unpaired) electrons. The highest BCUT2D eigenvalue weighted by Gasteiger charge is 2.37. The van der Waals surface area contributed by atoms with Crippen LogP contribution in [0.1, 0.15) is 79.0 Å². The fourth-order valence-corrected chi connectivity index (χ4v) is 3.51. The van der Waals surface area contributed by atoms with E-state index in [1.54, 1.807) is 0 Å². The van der Waals surface area contributed by atoms with Crippen LogP contribution in [0.3, 0.4) is 0 Å². The number of hydrogen-bond donors (Lipinski definition) is 1. The van der Waals surface area contributed by atoms with Crippen molar-refractivity contribution in [3.8, 4) is 0 Å². The van der Waals surface area contributed by atoms with Gasteiger partial charge in [-0.15, -0.1) is 0 Å². The van der Waals surface area contributed by atoms with Crippen LogP contribution in [0.4, 0.5) is 4.79 Å². The molecule has 0 aromatic heterocycles. The molecule has 1 aromatic carbocycles. The Hall–Kier alpha value is -1.51. The Balaban J connectivity index is 0.00000288. The van der Waals surface area contributed by atoms with Gasteiger partial charge in [-0.1, -0.05) is 52.5 Å². The quantitative estimate of drug-likeness (QED) is 0.651. The zero-order valence-corrected chi connectivity index (χ0v) is 15.4. The number of rotatable bonds is 1. The lowest BCUT2D eigenvalue weighted by Crippen LogP contribution is -2.41. The average molecular weight is 334 g/mol. The van der Waals surface area contributed by atoms with Crippen LogP contribution in [-0.2, 0) is 11.2 Å². The van der Waals surface area contributed by atoms with Gasteiger partial charge in [0, 0.05) is 0 Å².